The van der Waals surface area contributed by atoms with Gasteiger partial charge >= 0.3 is 5.97 Å². The number of hydrogen-bond donors (Lipinski definition) is 1. The number of nitro groups is 1. The number of carbonyl (C=O) groups excluding carboxylic acids is 2. The third kappa shape index (κ3) is 4.56. The summed E-state index contributed by atoms with van der Waals surface area (Å²) in [6, 6.07) is 4.24. The number of amides is 1. The Hall–Kier alpha value is -2.90. The molecule has 1 fully saturated rings. The molecule has 25 heavy (non-hydrogen) atoms. The van der Waals surface area contributed by atoms with Crippen LogP contribution >= 0.6 is 0 Å². The molecule has 1 aromatic rings. The first-order valence-corrected chi connectivity index (χ1v) is 8.07. The van der Waals surface area contributed by atoms with Crippen LogP contribution < -0.4 is 10.2 Å². The van der Waals surface area contributed by atoms with Crippen molar-refractivity contribution in [1.82, 2.24) is 5.32 Å². The van der Waals surface area contributed by atoms with Crippen LogP contribution in [-0.4, -0.2) is 42.5 Å². The van der Waals surface area contributed by atoms with E-state index >= 15 is 0 Å². The van der Waals surface area contributed by atoms with Gasteiger partial charge in [-0.1, -0.05) is 6.08 Å². The quantitative estimate of drug-likeness (QED) is 0.350. The maximum absolute atomic E-state index is 12.2. The van der Waals surface area contributed by atoms with Crippen molar-refractivity contribution in [2.45, 2.75) is 25.9 Å². The van der Waals surface area contributed by atoms with E-state index in [0.29, 0.717) is 5.69 Å². The van der Waals surface area contributed by atoms with Crippen LogP contribution in [0.2, 0.25) is 0 Å². The largest absolute Gasteiger partial charge is 0.449 e. The Morgan fingerprint density at radius 2 is 2.12 bits per heavy atom. The summed E-state index contributed by atoms with van der Waals surface area (Å²) >= 11 is 0. The number of nitrogens with zero attached hydrogens (tertiary/aromatic N) is 2. The van der Waals surface area contributed by atoms with E-state index in [1.165, 1.54) is 25.1 Å². The minimum atomic E-state index is -1.01. The van der Waals surface area contributed by atoms with E-state index in [1.807, 2.05) is 4.90 Å². The molecule has 0 aliphatic carbocycles. The van der Waals surface area contributed by atoms with Crippen molar-refractivity contribution >= 4 is 23.3 Å². The van der Waals surface area contributed by atoms with E-state index in [0.717, 1.165) is 25.9 Å². The van der Waals surface area contributed by atoms with Gasteiger partial charge < -0.3 is 15.0 Å². The van der Waals surface area contributed by atoms with Crippen molar-refractivity contribution in [2.75, 3.05) is 24.5 Å². The molecule has 1 heterocycles. The van der Waals surface area contributed by atoms with Crippen molar-refractivity contribution in [3.8, 4) is 0 Å². The number of hydrogen-bond acceptors (Lipinski definition) is 6. The van der Waals surface area contributed by atoms with E-state index in [-0.39, 0.29) is 17.8 Å². The first-order valence-electron chi connectivity index (χ1n) is 8.07. The molecule has 134 valence electrons. The molecule has 0 bridgehead atoms. The smallest absolute Gasteiger partial charge is 0.339 e. The second-order valence-corrected chi connectivity index (χ2v) is 5.74. The Morgan fingerprint density at radius 3 is 2.72 bits per heavy atom. The number of ether oxygens (including phenoxy) is 1. The summed E-state index contributed by atoms with van der Waals surface area (Å²) in [7, 11) is 0. The molecule has 2 rings (SSSR count). The predicted octanol–water partition coefficient (Wildman–Crippen LogP) is 2.04. The number of nitrogens with one attached hydrogen (secondary N) is 1. The second-order valence-electron chi connectivity index (χ2n) is 5.74. The number of anilines is 1. The number of benzene rings is 1. The Labute approximate surface area is 145 Å². The molecule has 1 unspecified atom stereocenters. The fraction of sp³-hybridized carbons (Fsp3) is 0.412. The molecular formula is C17H21N3O5. The van der Waals surface area contributed by atoms with Crippen LogP contribution in [0.5, 0.6) is 0 Å². The van der Waals surface area contributed by atoms with Gasteiger partial charge in [-0.15, -0.1) is 6.58 Å². The third-order valence-electron chi connectivity index (χ3n) is 3.93. The molecule has 8 nitrogen and oxygen atoms in total. The van der Waals surface area contributed by atoms with E-state index < -0.39 is 22.9 Å². The van der Waals surface area contributed by atoms with Gasteiger partial charge in [0.2, 0.25) is 0 Å². The molecule has 8 heteroatoms. The average molecular weight is 347 g/mol. The summed E-state index contributed by atoms with van der Waals surface area (Å²) in [5.41, 5.74) is 0.397. The highest BCUT2D eigenvalue weighted by Gasteiger charge is 2.25. The van der Waals surface area contributed by atoms with E-state index in [2.05, 4.69) is 11.9 Å². The van der Waals surface area contributed by atoms with Gasteiger partial charge in [-0.3, -0.25) is 14.9 Å². The number of rotatable bonds is 7. The van der Waals surface area contributed by atoms with Gasteiger partial charge in [0.1, 0.15) is 5.69 Å². The third-order valence-corrected chi connectivity index (χ3v) is 3.93. The molecule has 1 aromatic carbocycles. The lowest BCUT2D eigenvalue weighted by Crippen LogP contribution is -2.35. The molecular weight excluding hydrogens is 326 g/mol. The SMILES string of the molecule is C=CCNC(=O)C(C)OC(=O)c1ccc(N2CCCC2)c([N+](=O)[O-])c1. The van der Waals surface area contributed by atoms with Crippen molar-refractivity contribution in [3.63, 3.8) is 0 Å². The first-order chi connectivity index (χ1) is 11.9. The first kappa shape index (κ1) is 18.4. The maximum Gasteiger partial charge on any atom is 0.339 e. The van der Waals surface area contributed by atoms with Crippen LogP contribution in [0.15, 0.2) is 30.9 Å². The van der Waals surface area contributed by atoms with E-state index in [4.69, 9.17) is 4.74 Å². The van der Waals surface area contributed by atoms with Gasteiger partial charge in [-0.05, 0) is 31.9 Å². The zero-order valence-electron chi connectivity index (χ0n) is 14.1. The van der Waals surface area contributed by atoms with Crippen molar-refractivity contribution in [1.29, 1.82) is 0 Å². The van der Waals surface area contributed by atoms with E-state index in [1.54, 1.807) is 6.07 Å². The maximum atomic E-state index is 12.2. The molecule has 1 atom stereocenters. The standard InChI is InChI=1S/C17H21N3O5/c1-3-8-18-16(21)12(2)25-17(22)13-6-7-14(15(11-13)20(23)24)19-9-4-5-10-19/h3,6-7,11-12H,1,4-5,8-10H2,2H3,(H,18,21). The van der Waals surface area contributed by atoms with E-state index in [9.17, 15) is 19.7 Å². The van der Waals surface area contributed by atoms with Crippen LogP contribution in [-0.2, 0) is 9.53 Å². The highest BCUT2D eigenvalue weighted by molar-refractivity contribution is 5.93. The fourth-order valence-corrected chi connectivity index (χ4v) is 2.62. The Kier molecular flexibility index (Phi) is 6.10. The van der Waals surface area contributed by atoms with Gasteiger partial charge in [0.05, 0.1) is 10.5 Å². The summed E-state index contributed by atoms with van der Waals surface area (Å²) in [5.74, 6) is -1.24. The summed E-state index contributed by atoms with van der Waals surface area (Å²) in [5, 5.41) is 13.9. The van der Waals surface area contributed by atoms with Crippen molar-refractivity contribution < 1.29 is 19.2 Å². The van der Waals surface area contributed by atoms with Gasteiger partial charge in [-0.2, -0.15) is 0 Å². The van der Waals surface area contributed by atoms with Crippen LogP contribution in [0.3, 0.4) is 0 Å². The minimum Gasteiger partial charge on any atom is -0.449 e. The molecule has 1 amide bonds. The lowest BCUT2D eigenvalue weighted by Gasteiger charge is -2.18. The average Bonchev–Trinajstić information content (AvgIpc) is 3.13. The van der Waals surface area contributed by atoms with Gasteiger partial charge in [0.15, 0.2) is 6.10 Å². The number of carbonyl (C=O) groups is 2. The summed E-state index contributed by atoms with van der Waals surface area (Å²) in [6.45, 7) is 6.68. The zero-order chi connectivity index (χ0) is 18.4. The van der Waals surface area contributed by atoms with Crippen LogP contribution in [0.25, 0.3) is 0 Å². The molecule has 1 aliphatic heterocycles. The lowest BCUT2D eigenvalue weighted by atomic mass is 10.1. The predicted molar refractivity (Wildman–Crippen MR) is 92.6 cm³/mol. The molecule has 0 radical (unpaired) electrons. The summed E-state index contributed by atoms with van der Waals surface area (Å²) in [6.07, 6.45) is 2.47. The normalized spacial score (nSPS) is 14.7. The summed E-state index contributed by atoms with van der Waals surface area (Å²) in [4.78, 5) is 36.7. The molecule has 1 N–H and O–H groups in total. The molecule has 1 saturated heterocycles. The van der Waals surface area contributed by atoms with Crippen molar-refractivity contribution in [2.24, 2.45) is 0 Å². The fourth-order valence-electron chi connectivity index (χ4n) is 2.62. The lowest BCUT2D eigenvalue weighted by molar-refractivity contribution is -0.384. The molecule has 0 saturated carbocycles. The Balaban J connectivity index is 2.14. The minimum absolute atomic E-state index is 0.0398. The monoisotopic (exact) mass is 347 g/mol. The van der Waals surface area contributed by atoms with Crippen LogP contribution in [0, 0.1) is 10.1 Å². The number of nitro benzene ring substituents is 1. The highest BCUT2D eigenvalue weighted by atomic mass is 16.6. The van der Waals surface area contributed by atoms with Gasteiger partial charge in [0, 0.05) is 25.7 Å². The van der Waals surface area contributed by atoms with Gasteiger partial charge in [-0.25, -0.2) is 4.79 Å². The van der Waals surface area contributed by atoms with Crippen LogP contribution in [0.4, 0.5) is 11.4 Å². The zero-order valence-corrected chi connectivity index (χ0v) is 14.1. The van der Waals surface area contributed by atoms with Crippen LogP contribution in [0.1, 0.15) is 30.1 Å². The Morgan fingerprint density at radius 1 is 1.44 bits per heavy atom. The highest BCUT2D eigenvalue weighted by Crippen LogP contribution is 2.31. The van der Waals surface area contributed by atoms with Crippen molar-refractivity contribution in [3.05, 3.63) is 46.5 Å². The van der Waals surface area contributed by atoms with Gasteiger partial charge in [0.25, 0.3) is 11.6 Å². The summed E-state index contributed by atoms with van der Waals surface area (Å²) < 4.78 is 5.07. The molecule has 0 aromatic heterocycles. The number of esters is 1. The second kappa shape index (κ2) is 8.27. The Bertz CT molecular complexity index is 683. The topological polar surface area (TPSA) is 102 Å². The molecule has 0 spiro atoms. The molecule has 1 aliphatic rings.